The molecule has 1 N–H and O–H groups in total. The Morgan fingerprint density at radius 2 is 2.27 bits per heavy atom. The number of carbonyl (C=O) groups excluding carboxylic acids is 1. The molecule has 1 aromatic rings. The molecule has 0 radical (unpaired) electrons. The van der Waals surface area contributed by atoms with Crippen LogP contribution in [0.2, 0.25) is 5.02 Å². The Balaban J connectivity index is 3.15. The van der Waals surface area contributed by atoms with Gasteiger partial charge in [0.15, 0.2) is 0 Å². The van der Waals surface area contributed by atoms with Crippen LogP contribution in [0.3, 0.4) is 0 Å². The largest absolute Gasteiger partial charge is 0.496 e. The van der Waals surface area contributed by atoms with E-state index in [1.165, 1.54) is 7.11 Å². The van der Waals surface area contributed by atoms with Crippen molar-refractivity contribution in [2.45, 2.75) is 6.92 Å². The van der Waals surface area contributed by atoms with Crippen LogP contribution >= 0.6 is 34.2 Å². The molecule has 0 saturated carbocycles. The molecule has 5 heteroatoms. The van der Waals surface area contributed by atoms with Gasteiger partial charge in [-0.2, -0.15) is 0 Å². The van der Waals surface area contributed by atoms with Gasteiger partial charge in [0.1, 0.15) is 5.75 Å². The lowest BCUT2D eigenvalue weighted by Crippen LogP contribution is -2.23. The number of hydrogen-bond acceptors (Lipinski definition) is 2. The second kappa shape index (κ2) is 5.55. The smallest absolute Gasteiger partial charge is 0.255 e. The highest BCUT2D eigenvalue weighted by Crippen LogP contribution is 2.28. The summed E-state index contributed by atoms with van der Waals surface area (Å²) in [4.78, 5) is 11.6. The molecule has 0 unspecified atom stereocenters. The van der Waals surface area contributed by atoms with Crippen LogP contribution in [0.25, 0.3) is 0 Å². The second-order valence-corrected chi connectivity index (χ2v) is 4.40. The van der Waals surface area contributed by atoms with Crippen LogP contribution in [0.4, 0.5) is 0 Å². The number of benzene rings is 1. The van der Waals surface area contributed by atoms with E-state index in [2.05, 4.69) is 27.9 Å². The summed E-state index contributed by atoms with van der Waals surface area (Å²) in [5, 5.41) is 3.26. The Hall–Kier alpha value is -0.490. The van der Waals surface area contributed by atoms with E-state index < -0.39 is 0 Å². The van der Waals surface area contributed by atoms with Crippen molar-refractivity contribution in [3.05, 3.63) is 26.3 Å². The van der Waals surface area contributed by atoms with E-state index in [1.807, 2.05) is 6.92 Å². The molecule has 0 spiro atoms. The van der Waals surface area contributed by atoms with Crippen molar-refractivity contribution in [3.8, 4) is 5.75 Å². The summed E-state index contributed by atoms with van der Waals surface area (Å²) in [7, 11) is 1.53. The zero-order valence-electron chi connectivity index (χ0n) is 8.43. The van der Waals surface area contributed by atoms with Gasteiger partial charge in [-0.25, -0.2) is 0 Å². The predicted molar refractivity (Wildman–Crippen MR) is 68.7 cm³/mol. The summed E-state index contributed by atoms with van der Waals surface area (Å²) in [5.41, 5.74) is 0.463. The Labute approximate surface area is 107 Å². The quantitative estimate of drug-likeness (QED) is 0.860. The van der Waals surface area contributed by atoms with E-state index in [9.17, 15) is 4.79 Å². The Kier molecular flexibility index (Phi) is 4.66. The van der Waals surface area contributed by atoms with Crippen molar-refractivity contribution in [1.82, 2.24) is 5.32 Å². The number of carbonyl (C=O) groups is 1. The first kappa shape index (κ1) is 12.6. The summed E-state index contributed by atoms with van der Waals surface area (Å²) >= 11 is 8.04. The minimum Gasteiger partial charge on any atom is -0.496 e. The third-order valence-corrected chi connectivity index (χ3v) is 3.35. The highest BCUT2D eigenvalue weighted by Gasteiger charge is 2.13. The average molecular weight is 340 g/mol. The molecule has 15 heavy (non-hydrogen) atoms. The first-order chi connectivity index (χ1) is 7.10. The topological polar surface area (TPSA) is 38.3 Å². The maximum atomic E-state index is 11.6. The number of nitrogens with one attached hydrogen (secondary N) is 1. The molecule has 0 aliphatic carbocycles. The van der Waals surface area contributed by atoms with E-state index in [0.29, 0.717) is 22.9 Å². The summed E-state index contributed by atoms with van der Waals surface area (Å²) in [6.45, 7) is 2.43. The van der Waals surface area contributed by atoms with Gasteiger partial charge < -0.3 is 10.1 Å². The van der Waals surface area contributed by atoms with Crippen LogP contribution in [-0.2, 0) is 0 Å². The van der Waals surface area contributed by atoms with Gasteiger partial charge in [-0.3, -0.25) is 4.79 Å². The first-order valence-corrected chi connectivity index (χ1v) is 5.87. The molecule has 1 aromatic carbocycles. The maximum Gasteiger partial charge on any atom is 0.255 e. The Morgan fingerprint density at radius 3 is 2.80 bits per heavy atom. The van der Waals surface area contributed by atoms with Crippen molar-refractivity contribution < 1.29 is 9.53 Å². The fraction of sp³-hybridized carbons (Fsp3) is 0.300. The van der Waals surface area contributed by atoms with Gasteiger partial charge in [0.2, 0.25) is 0 Å². The number of rotatable bonds is 3. The molecule has 1 rings (SSSR count). The molecular weight excluding hydrogens is 328 g/mol. The van der Waals surface area contributed by atoms with Crippen LogP contribution in [0.1, 0.15) is 17.3 Å². The number of ether oxygens (including phenoxy) is 1. The fourth-order valence-electron chi connectivity index (χ4n) is 1.13. The van der Waals surface area contributed by atoms with Gasteiger partial charge in [0.05, 0.1) is 17.7 Å². The van der Waals surface area contributed by atoms with Crippen molar-refractivity contribution in [2.24, 2.45) is 0 Å². The molecule has 0 aliphatic heterocycles. The molecule has 0 heterocycles. The van der Waals surface area contributed by atoms with Crippen LogP contribution < -0.4 is 10.1 Å². The SMILES string of the molecule is CCNC(=O)c1cc(Cl)c(I)cc1OC. The second-order valence-electron chi connectivity index (χ2n) is 2.83. The van der Waals surface area contributed by atoms with E-state index in [1.54, 1.807) is 12.1 Å². The van der Waals surface area contributed by atoms with E-state index in [4.69, 9.17) is 16.3 Å². The summed E-state index contributed by atoms with van der Waals surface area (Å²) < 4.78 is 5.98. The van der Waals surface area contributed by atoms with Gasteiger partial charge in [-0.05, 0) is 41.6 Å². The third kappa shape index (κ3) is 2.98. The fourth-order valence-corrected chi connectivity index (χ4v) is 1.73. The molecule has 3 nitrogen and oxygen atoms in total. The lowest BCUT2D eigenvalue weighted by Gasteiger charge is -2.09. The highest BCUT2D eigenvalue weighted by atomic mass is 127. The first-order valence-electron chi connectivity index (χ1n) is 4.41. The van der Waals surface area contributed by atoms with Crippen molar-refractivity contribution in [2.75, 3.05) is 13.7 Å². The van der Waals surface area contributed by atoms with Gasteiger partial charge >= 0.3 is 0 Å². The molecule has 82 valence electrons. The summed E-state index contributed by atoms with van der Waals surface area (Å²) in [6.07, 6.45) is 0. The van der Waals surface area contributed by atoms with E-state index in [-0.39, 0.29) is 5.91 Å². The molecule has 1 amide bonds. The molecule has 0 bridgehead atoms. The van der Waals surface area contributed by atoms with Crippen LogP contribution in [0, 0.1) is 3.57 Å². The molecule has 0 fully saturated rings. The monoisotopic (exact) mass is 339 g/mol. The van der Waals surface area contributed by atoms with Crippen molar-refractivity contribution in [3.63, 3.8) is 0 Å². The van der Waals surface area contributed by atoms with Gasteiger partial charge in [0.25, 0.3) is 5.91 Å². The third-order valence-electron chi connectivity index (χ3n) is 1.82. The molecule has 0 aromatic heterocycles. The van der Waals surface area contributed by atoms with E-state index >= 15 is 0 Å². The molecule has 0 saturated heterocycles. The maximum absolute atomic E-state index is 11.6. The minimum absolute atomic E-state index is 0.173. The Morgan fingerprint density at radius 1 is 1.60 bits per heavy atom. The van der Waals surface area contributed by atoms with Gasteiger partial charge in [-0.1, -0.05) is 11.6 Å². The molecule has 0 aliphatic rings. The van der Waals surface area contributed by atoms with Crippen LogP contribution in [0.5, 0.6) is 5.75 Å². The summed E-state index contributed by atoms with van der Waals surface area (Å²) in [6, 6.07) is 3.36. The van der Waals surface area contributed by atoms with Crippen molar-refractivity contribution in [1.29, 1.82) is 0 Å². The zero-order chi connectivity index (χ0) is 11.4. The number of methoxy groups -OCH3 is 1. The van der Waals surface area contributed by atoms with Crippen LogP contribution in [0.15, 0.2) is 12.1 Å². The lowest BCUT2D eigenvalue weighted by atomic mass is 10.2. The minimum atomic E-state index is -0.173. The standard InChI is InChI=1S/C10H11ClINO2/c1-3-13-10(14)6-4-7(11)8(12)5-9(6)15-2/h4-5H,3H2,1-2H3,(H,13,14). The lowest BCUT2D eigenvalue weighted by molar-refractivity contribution is 0.0953. The molecular formula is C10H11ClINO2. The Bertz CT molecular complexity index is 382. The van der Waals surface area contributed by atoms with Crippen LogP contribution in [-0.4, -0.2) is 19.6 Å². The van der Waals surface area contributed by atoms with Gasteiger partial charge in [-0.15, -0.1) is 0 Å². The predicted octanol–water partition coefficient (Wildman–Crippen LogP) is 2.70. The number of amides is 1. The number of halogens is 2. The zero-order valence-corrected chi connectivity index (χ0v) is 11.3. The summed E-state index contributed by atoms with van der Waals surface area (Å²) in [5.74, 6) is 0.363. The molecule has 0 atom stereocenters. The van der Waals surface area contributed by atoms with Crippen molar-refractivity contribution >= 4 is 40.1 Å². The average Bonchev–Trinajstić information content (AvgIpc) is 2.21. The number of hydrogen-bond donors (Lipinski definition) is 1. The highest BCUT2D eigenvalue weighted by molar-refractivity contribution is 14.1. The van der Waals surface area contributed by atoms with Gasteiger partial charge in [0, 0.05) is 10.1 Å². The van der Waals surface area contributed by atoms with E-state index in [0.717, 1.165) is 3.57 Å². The normalized spacial score (nSPS) is 9.87.